The summed E-state index contributed by atoms with van der Waals surface area (Å²) in [7, 11) is 0. The summed E-state index contributed by atoms with van der Waals surface area (Å²) in [6, 6.07) is 19.4. The molecule has 2 aliphatic rings. The van der Waals surface area contributed by atoms with Crippen LogP contribution in [0.1, 0.15) is 27.7 Å². The normalized spacial score (nSPS) is 17.2. The largest absolute Gasteiger partial charge is 0.454 e. The van der Waals surface area contributed by atoms with E-state index in [0.717, 1.165) is 5.56 Å². The van der Waals surface area contributed by atoms with Crippen molar-refractivity contribution in [3.05, 3.63) is 89.2 Å². The number of nitrogens with zero attached hydrogens (tertiary/aromatic N) is 1. The van der Waals surface area contributed by atoms with Crippen molar-refractivity contribution in [1.29, 1.82) is 0 Å². The van der Waals surface area contributed by atoms with Crippen LogP contribution in [-0.4, -0.2) is 17.6 Å². The van der Waals surface area contributed by atoms with E-state index in [9.17, 15) is 9.18 Å². The average molecular weight is 376 g/mol. The second-order valence-corrected chi connectivity index (χ2v) is 6.73. The zero-order chi connectivity index (χ0) is 19.1. The molecule has 0 aromatic heterocycles. The minimum atomic E-state index is -0.617. The molecule has 0 fully saturated rings. The number of carbonyl (C=O) groups excluding carboxylic acids is 1. The Bertz CT molecular complexity index is 1070. The highest BCUT2D eigenvalue weighted by Crippen LogP contribution is 2.37. The fourth-order valence-electron chi connectivity index (χ4n) is 3.63. The molecule has 2 aliphatic heterocycles. The van der Waals surface area contributed by atoms with Gasteiger partial charge in [-0.3, -0.25) is 4.79 Å². The van der Waals surface area contributed by atoms with E-state index in [1.807, 2.05) is 36.4 Å². The minimum Gasteiger partial charge on any atom is -0.454 e. The first-order valence-corrected chi connectivity index (χ1v) is 9.00. The van der Waals surface area contributed by atoms with Gasteiger partial charge in [0.25, 0.3) is 5.91 Å². The van der Waals surface area contributed by atoms with Crippen molar-refractivity contribution >= 4 is 11.6 Å². The summed E-state index contributed by atoms with van der Waals surface area (Å²) in [5, 5.41) is 3.32. The Morgan fingerprint density at radius 3 is 2.68 bits per heavy atom. The molecular formula is C22H17FN2O3. The summed E-state index contributed by atoms with van der Waals surface area (Å²) in [5.74, 6) is 0.823. The number of nitrogens with one attached hydrogen (secondary N) is 1. The molecule has 1 atom stereocenters. The summed E-state index contributed by atoms with van der Waals surface area (Å²) < 4.78 is 25.3. The molecule has 1 unspecified atom stereocenters. The molecule has 2 heterocycles. The van der Waals surface area contributed by atoms with Crippen molar-refractivity contribution in [2.24, 2.45) is 0 Å². The third-order valence-electron chi connectivity index (χ3n) is 5.01. The lowest BCUT2D eigenvalue weighted by Gasteiger charge is -2.38. The van der Waals surface area contributed by atoms with Gasteiger partial charge >= 0.3 is 0 Å². The lowest BCUT2D eigenvalue weighted by molar-refractivity contribution is 0.0663. The van der Waals surface area contributed by atoms with Crippen LogP contribution in [0.4, 0.5) is 10.1 Å². The third kappa shape index (κ3) is 2.74. The Labute approximate surface area is 161 Å². The Morgan fingerprint density at radius 1 is 1.00 bits per heavy atom. The molecule has 1 amide bonds. The predicted octanol–water partition coefficient (Wildman–Crippen LogP) is 4.32. The van der Waals surface area contributed by atoms with Crippen molar-refractivity contribution < 1.29 is 18.7 Å². The molecule has 1 N–H and O–H groups in total. The number of anilines is 1. The molecule has 140 valence electrons. The molecule has 3 aromatic carbocycles. The number of amides is 1. The number of carbonyl (C=O) groups is 1. The van der Waals surface area contributed by atoms with Crippen LogP contribution in [0.2, 0.25) is 0 Å². The molecule has 5 rings (SSSR count). The Morgan fingerprint density at radius 2 is 1.79 bits per heavy atom. The van der Waals surface area contributed by atoms with Crippen molar-refractivity contribution in [1.82, 2.24) is 4.90 Å². The summed E-state index contributed by atoms with van der Waals surface area (Å²) in [4.78, 5) is 14.9. The minimum absolute atomic E-state index is 0.153. The van der Waals surface area contributed by atoms with E-state index in [-0.39, 0.29) is 18.5 Å². The Kier molecular flexibility index (Phi) is 3.90. The zero-order valence-electron chi connectivity index (χ0n) is 14.9. The van der Waals surface area contributed by atoms with Crippen molar-refractivity contribution in [3.63, 3.8) is 0 Å². The first-order chi connectivity index (χ1) is 13.7. The van der Waals surface area contributed by atoms with Crippen molar-refractivity contribution in [3.8, 4) is 11.5 Å². The van der Waals surface area contributed by atoms with E-state index in [4.69, 9.17) is 9.47 Å². The topological polar surface area (TPSA) is 50.8 Å². The van der Waals surface area contributed by atoms with Crippen molar-refractivity contribution in [2.75, 3.05) is 12.1 Å². The van der Waals surface area contributed by atoms with E-state index in [1.54, 1.807) is 29.2 Å². The molecule has 28 heavy (non-hydrogen) atoms. The fraction of sp³-hybridized carbons (Fsp3) is 0.136. The van der Waals surface area contributed by atoms with E-state index in [1.165, 1.54) is 6.07 Å². The van der Waals surface area contributed by atoms with E-state index in [0.29, 0.717) is 34.9 Å². The number of para-hydroxylation sites is 1. The maximum absolute atomic E-state index is 14.6. The number of rotatable bonds is 3. The first kappa shape index (κ1) is 16.6. The molecule has 0 aliphatic carbocycles. The Balaban J connectivity index is 1.56. The highest BCUT2D eigenvalue weighted by molar-refractivity contribution is 6.01. The van der Waals surface area contributed by atoms with E-state index < -0.39 is 6.17 Å². The molecule has 6 heteroatoms. The highest BCUT2D eigenvalue weighted by atomic mass is 19.1. The number of hydrogen-bond donors (Lipinski definition) is 1. The average Bonchev–Trinajstić information content (AvgIpc) is 3.18. The predicted molar refractivity (Wildman–Crippen MR) is 102 cm³/mol. The van der Waals surface area contributed by atoms with Crippen LogP contribution in [0, 0.1) is 5.82 Å². The summed E-state index contributed by atoms with van der Waals surface area (Å²) in [6.07, 6.45) is -0.617. The molecule has 0 saturated carbocycles. The quantitative estimate of drug-likeness (QED) is 0.740. The number of halogens is 1. The van der Waals surface area contributed by atoms with Crippen LogP contribution < -0.4 is 14.8 Å². The highest BCUT2D eigenvalue weighted by Gasteiger charge is 2.34. The van der Waals surface area contributed by atoms with Gasteiger partial charge in [-0.15, -0.1) is 0 Å². The van der Waals surface area contributed by atoms with Crippen LogP contribution in [0.5, 0.6) is 11.5 Å². The smallest absolute Gasteiger partial charge is 0.258 e. The van der Waals surface area contributed by atoms with E-state index >= 15 is 0 Å². The summed E-state index contributed by atoms with van der Waals surface area (Å²) in [5.41, 5.74) is 2.56. The van der Waals surface area contributed by atoms with Gasteiger partial charge in [0.15, 0.2) is 11.5 Å². The lowest BCUT2D eigenvalue weighted by atomic mass is 10.0. The lowest BCUT2D eigenvalue weighted by Crippen LogP contribution is -2.42. The SMILES string of the molecule is O=C1c2ccccc2NC(c2ccccc2F)N1Cc1ccc2c(c1)OCO2. The van der Waals surface area contributed by atoms with Gasteiger partial charge in [-0.2, -0.15) is 0 Å². The second-order valence-electron chi connectivity index (χ2n) is 6.73. The van der Waals surface area contributed by atoms with Gasteiger partial charge in [0.2, 0.25) is 6.79 Å². The van der Waals surface area contributed by atoms with Gasteiger partial charge in [0.05, 0.1) is 5.56 Å². The molecule has 5 nitrogen and oxygen atoms in total. The summed E-state index contributed by atoms with van der Waals surface area (Å²) in [6.45, 7) is 0.490. The van der Waals surface area contributed by atoms with Gasteiger partial charge in [-0.05, 0) is 35.9 Å². The molecule has 0 radical (unpaired) electrons. The summed E-state index contributed by atoms with van der Waals surface area (Å²) >= 11 is 0. The molecule has 3 aromatic rings. The maximum Gasteiger partial charge on any atom is 0.258 e. The fourth-order valence-corrected chi connectivity index (χ4v) is 3.63. The molecule has 0 saturated heterocycles. The van der Waals surface area contributed by atoms with Crippen LogP contribution in [0.15, 0.2) is 66.7 Å². The molecular weight excluding hydrogens is 359 g/mol. The van der Waals surface area contributed by atoms with Crippen LogP contribution >= 0.6 is 0 Å². The monoisotopic (exact) mass is 376 g/mol. The zero-order valence-corrected chi connectivity index (χ0v) is 14.9. The van der Waals surface area contributed by atoms with Crippen LogP contribution in [-0.2, 0) is 6.54 Å². The van der Waals surface area contributed by atoms with Gasteiger partial charge < -0.3 is 19.7 Å². The Hall–Kier alpha value is -3.54. The van der Waals surface area contributed by atoms with Crippen molar-refractivity contribution in [2.45, 2.75) is 12.7 Å². The van der Waals surface area contributed by atoms with Crippen LogP contribution in [0.3, 0.4) is 0 Å². The van der Waals surface area contributed by atoms with Gasteiger partial charge in [0, 0.05) is 17.8 Å². The van der Waals surface area contributed by atoms with Crippen LogP contribution in [0.25, 0.3) is 0 Å². The van der Waals surface area contributed by atoms with Gasteiger partial charge in [-0.25, -0.2) is 4.39 Å². The third-order valence-corrected chi connectivity index (χ3v) is 5.01. The number of benzene rings is 3. The molecule has 0 bridgehead atoms. The number of fused-ring (bicyclic) bond motifs is 2. The van der Waals surface area contributed by atoms with E-state index in [2.05, 4.69) is 5.32 Å². The number of hydrogen-bond acceptors (Lipinski definition) is 4. The second kappa shape index (κ2) is 6.56. The number of ether oxygens (including phenoxy) is 2. The van der Waals surface area contributed by atoms with Gasteiger partial charge in [-0.1, -0.05) is 36.4 Å². The van der Waals surface area contributed by atoms with Gasteiger partial charge in [0.1, 0.15) is 12.0 Å². The maximum atomic E-state index is 14.6. The first-order valence-electron chi connectivity index (χ1n) is 9.00. The molecule has 0 spiro atoms. The standard InChI is InChI=1S/C22H17FN2O3/c23-17-7-3-1-5-15(17)21-24-18-8-4-2-6-16(18)22(26)25(21)12-14-9-10-19-20(11-14)28-13-27-19/h1-11,21,24H,12-13H2.